The molecule has 0 atom stereocenters. The summed E-state index contributed by atoms with van der Waals surface area (Å²) >= 11 is 29.4. The lowest BCUT2D eigenvalue weighted by atomic mass is 10.2. The second-order valence-electron chi connectivity index (χ2n) is 4.08. The maximum atomic E-state index is 9.96. The molecule has 0 saturated heterocycles. The average Bonchev–Trinajstić information content (AvgIpc) is 2.45. The van der Waals surface area contributed by atoms with Gasteiger partial charge in [-0.1, -0.05) is 58.0 Å². The molecule has 2 aromatic carbocycles. The SMILES string of the molecule is Cc1c(Cl)cc(Oc2cc(Cl)c(Cl)c(Cl)c2O)c(O)c1Cl. The lowest BCUT2D eigenvalue weighted by molar-refractivity contribution is 0.385. The molecule has 0 saturated carbocycles. The summed E-state index contributed by atoms with van der Waals surface area (Å²) in [5.41, 5.74) is 0.500. The van der Waals surface area contributed by atoms with Gasteiger partial charge in [0.1, 0.15) is 5.02 Å². The van der Waals surface area contributed by atoms with Gasteiger partial charge in [0.2, 0.25) is 0 Å². The first-order valence-corrected chi connectivity index (χ1v) is 7.34. The molecular weight excluding hydrogens is 381 g/mol. The van der Waals surface area contributed by atoms with Crippen molar-refractivity contribution < 1.29 is 14.9 Å². The molecule has 0 bridgehead atoms. The summed E-state index contributed by atoms with van der Waals surface area (Å²) in [5, 5.41) is 20.1. The van der Waals surface area contributed by atoms with Gasteiger partial charge in [-0.15, -0.1) is 0 Å². The third-order valence-electron chi connectivity index (χ3n) is 2.71. The van der Waals surface area contributed by atoms with Crippen LogP contribution in [0, 0.1) is 6.92 Å². The Morgan fingerprint density at radius 1 is 0.762 bits per heavy atom. The lowest BCUT2D eigenvalue weighted by Gasteiger charge is -2.14. The third-order valence-corrected chi connectivity index (χ3v) is 4.82. The van der Waals surface area contributed by atoms with E-state index in [0.717, 1.165) is 0 Å². The highest BCUT2D eigenvalue weighted by Gasteiger charge is 2.19. The number of aromatic hydroxyl groups is 2. The molecule has 0 spiro atoms. The number of rotatable bonds is 2. The molecule has 112 valence electrons. The molecule has 0 amide bonds. The van der Waals surface area contributed by atoms with Crippen LogP contribution in [0.1, 0.15) is 5.56 Å². The fourth-order valence-corrected chi connectivity index (χ4v) is 2.54. The van der Waals surface area contributed by atoms with Crippen LogP contribution in [0.2, 0.25) is 25.1 Å². The highest BCUT2D eigenvalue weighted by Crippen LogP contribution is 2.48. The summed E-state index contributed by atoms with van der Waals surface area (Å²) in [4.78, 5) is 0. The van der Waals surface area contributed by atoms with E-state index < -0.39 is 5.75 Å². The van der Waals surface area contributed by atoms with Crippen LogP contribution in [0.15, 0.2) is 12.1 Å². The van der Waals surface area contributed by atoms with Crippen molar-refractivity contribution in [2.75, 3.05) is 0 Å². The molecule has 0 aromatic heterocycles. The second-order valence-corrected chi connectivity index (χ2v) is 6.03. The molecule has 0 aliphatic rings. The van der Waals surface area contributed by atoms with Crippen LogP contribution >= 0.6 is 58.0 Å². The van der Waals surface area contributed by atoms with E-state index >= 15 is 0 Å². The van der Waals surface area contributed by atoms with Crippen LogP contribution in [0.25, 0.3) is 0 Å². The van der Waals surface area contributed by atoms with Gasteiger partial charge in [0.05, 0.1) is 15.1 Å². The van der Waals surface area contributed by atoms with Crippen LogP contribution in [-0.2, 0) is 0 Å². The zero-order chi connectivity index (χ0) is 15.9. The van der Waals surface area contributed by atoms with Crippen molar-refractivity contribution >= 4 is 58.0 Å². The number of ether oxygens (including phenoxy) is 1. The fourth-order valence-electron chi connectivity index (χ4n) is 1.52. The number of benzene rings is 2. The first-order valence-electron chi connectivity index (χ1n) is 5.46. The number of hydrogen-bond acceptors (Lipinski definition) is 3. The molecule has 0 fully saturated rings. The van der Waals surface area contributed by atoms with Gasteiger partial charge in [-0.25, -0.2) is 0 Å². The number of phenolic OH excluding ortho intramolecular Hbond substituents is 2. The minimum absolute atomic E-state index is 0.00706. The minimum Gasteiger partial charge on any atom is -0.503 e. The zero-order valence-corrected chi connectivity index (χ0v) is 14.1. The molecule has 2 aromatic rings. The van der Waals surface area contributed by atoms with Gasteiger partial charge in [-0.2, -0.15) is 0 Å². The Kier molecular flexibility index (Phi) is 4.91. The summed E-state index contributed by atoms with van der Waals surface area (Å²) < 4.78 is 5.38. The molecule has 0 aliphatic carbocycles. The molecule has 0 radical (unpaired) electrons. The molecule has 2 rings (SSSR count). The largest absolute Gasteiger partial charge is 0.503 e. The molecule has 3 nitrogen and oxygen atoms in total. The standard InChI is InChI=1S/C13H7Cl5O3/c1-4-5(14)2-7(12(19)9(4)16)21-8-3-6(15)10(17)11(18)13(8)20/h2-3,19-20H,1H3. The highest BCUT2D eigenvalue weighted by atomic mass is 35.5. The Bertz CT molecular complexity index is 669. The molecule has 0 heterocycles. The molecule has 2 N–H and O–H groups in total. The average molecular weight is 388 g/mol. The van der Waals surface area contributed by atoms with Crippen molar-refractivity contribution in [2.24, 2.45) is 0 Å². The Morgan fingerprint density at radius 2 is 1.24 bits per heavy atom. The van der Waals surface area contributed by atoms with Gasteiger partial charge in [0, 0.05) is 17.2 Å². The normalized spacial score (nSPS) is 10.8. The molecule has 8 heteroatoms. The smallest absolute Gasteiger partial charge is 0.179 e. The van der Waals surface area contributed by atoms with Gasteiger partial charge in [-0.3, -0.25) is 0 Å². The first kappa shape index (κ1) is 16.7. The number of hydrogen-bond donors (Lipinski definition) is 2. The second kappa shape index (κ2) is 6.19. The lowest BCUT2D eigenvalue weighted by Crippen LogP contribution is -1.90. The molecular formula is C13H7Cl5O3. The van der Waals surface area contributed by atoms with Gasteiger partial charge >= 0.3 is 0 Å². The summed E-state index contributed by atoms with van der Waals surface area (Å²) in [6.45, 7) is 1.64. The van der Waals surface area contributed by atoms with Gasteiger partial charge in [-0.05, 0) is 12.5 Å². The molecule has 0 aliphatic heterocycles. The third kappa shape index (κ3) is 3.08. The predicted octanol–water partition coefficient (Wildman–Crippen LogP) is 6.47. The van der Waals surface area contributed by atoms with Crippen LogP contribution in [0.5, 0.6) is 23.0 Å². The van der Waals surface area contributed by atoms with E-state index in [2.05, 4.69) is 0 Å². The first-order chi connectivity index (χ1) is 9.73. The van der Waals surface area contributed by atoms with Crippen molar-refractivity contribution in [1.29, 1.82) is 0 Å². The van der Waals surface area contributed by atoms with E-state index in [-0.39, 0.29) is 37.3 Å². The predicted molar refractivity (Wildman–Crippen MR) is 86.1 cm³/mol. The Morgan fingerprint density at radius 3 is 1.81 bits per heavy atom. The topological polar surface area (TPSA) is 49.7 Å². The monoisotopic (exact) mass is 386 g/mol. The van der Waals surface area contributed by atoms with E-state index in [1.165, 1.54) is 12.1 Å². The van der Waals surface area contributed by atoms with Crippen LogP contribution in [0.4, 0.5) is 0 Å². The summed E-state index contributed by atoms with van der Waals surface area (Å²) in [6.07, 6.45) is 0. The van der Waals surface area contributed by atoms with Crippen molar-refractivity contribution in [3.8, 4) is 23.0 Å². The van der Waals surface area contributed by atoms with Gasteiger partial charge in [0.15, 0.2) is 23.0 Å². The Hall–Kier alpha value is -0.710. The van der Waals surface area contributed by atoms with Gasteiger partial charge < -0.3 is 14.9 Å². The quantitative estimate of drug-likeness (QED) is 0.580. The number of phenols is 2. The fraction of sp³-hybridized carbons (Fsp3) is 0.0769. The summed E-state index contributed by atoms with van der Waals surface area (Å²) in [6, 6.07) is 2.61. The summed E-state index contributed by atoms with van der Waals surface area (Å²) in [5.74, 6) is -0.889. The summed E-state index contributed by atoms with van der Waals surface area (Å²) in [7, 11) is 0. The maximum Gasteiger partial charge on any atom is 0.179 e. The number of halogens is 5. The van der Waals surface area contributed by atoms with Crippen LogP contribution in [0.3, 0.4) is 0 Å². The molecule has 21 heavy (non-hydrogen) atoms. The molecule has 0 unspecified atom stereocenters. The van der Waals surface area contributed by atoms with Crippen molar-refractivity contribution in [3.63, 3.8) is 0 Å². The van der Waals surface area contributed by atoms with E-state index in [1.807, 2.05) is 0 Å². The Balaban J connectivity index is 2.54. The van der Waals surface area contributed by atoms with E-state index in [4.69, 9.17) is 62.7 Å². The van der Waals surface area contributed by atoms with E-state index in [1.54, 1.807) is 6.92 Å². The Labute approximate surface area is 145 Å². The van der Waals surface area contributed by atoms with Crippen molar-refractivity contribution in [1.82, 2.24) is 0 Å². The van der Waals surface area contributed by atoms with E-state index in [0.29, 0.717) is 10.6 Å². The maximum absolute atomic E-state index is 9.96. The van der Waals surface area contributed by atoms with Crippen LogP contribution < -0.4 is 4.74 Å². The zero-order valence-electron chi connectivity index (χ0n) is 10.3. The van der Waals surface area contributed by atoms with Gasteiger partial charge in [0.25, 0.3) is 0 Å². The van der Waals surface area contributed by atoms with Crippen LogP contribution in [-0.4, -0.2) is 10.2 Å². The van der Waals surface area contributed by atoms with Crippen molar-refractivity contribution in [3.05, 3.63) is 42.8 Å². The van der Waals surface area contributed by atoms with E-state index in [9.17, 15) is 10.2 Å². The highest BCUT2D eigenvalue weighted by molar-refractivity contribution is 6.48. The van der Waals surface area contributed by atoms with Crippen molar-refractivity contribution in [2.45, 2.75) is 6.92 Å². The minimum atomic E-state index is -0.418.